The highest BCUT2D eigenvalue weighted by Crippen LogP contribution is 2.45. The molecule has 9 aromatic rings. The van der Waals surface area contributed by atoms with Crippen LogP contribution in [0.15, 0.2) is 145 Å². The maximum atomic E-state index is 4.87. The summed E-state index contributed by atoms with van der Waals surface area (Å²) < 4.78 is 0. The molecule has 0 bridgehead atoms. The van der Waals surface area contributed by atoms with Gasteiger partial charge in [-0.25, -0.2) is 9.97 Å². The Morgan fingerprint density at radius 2 is 0.913 bits per heavy atom. The van der Waals surface area contributed by atoms with E-state index in [1.807, 2.05) is 35.5 Å². The maximum absolute atomic E-state index is 4.87. The van der Waals surface area contributed by atoms with E-state index in [4.69, 9.17) is 9.97 Å². The molecule has 0 fully saturated rings. The Hall–Kier alpha value is -5.56. The Kier molecular flexibility index (Phi) is 6.47. The van der Waals surface area contributed by atoms with Gasteiger partial charge in [-0.3, -0.25) is 9.97 Å². The first-order valence-electron chi connectivity index (χ1n) is 15.0. The van der Waals surface area contributed by atoms with Crippen LogP contribution < -0.4 is 0 Å². The van der Waals surface area contributed by atoms with Crippen molar-refractivity contribution < 1.29 is 0 Å². The lowest BCUT2D eigenvalue weighted by Gasteiger charge is -2.18. The molecule has 9 rings (SSSR count). The van der Waals surface area contributed by atoms with Crippen LogP contribution in [0.4, 0.5) is 0 Å². The number of nitrogens with zero attached hydrogens (tertiary/aromatic N) is 4. The molecule has 46 heavy (non-hydrogen) atoms. The van der Waals surface area contributed by atoms with E-state index < -0.39 is 0 Å². The first-order valence-corrected chi connectivity index (χ1v) is 16.8. The van der Waals surface area contributed by atoms with Gasteiger partial charge in [0.1, 0.15) is 10.0 Å². The van der Waals surface area contributed by atoms with Gasteiger partial charge in [-0.1, -0.05) is 84.9 Å². The predicted molar refractivity (Wildman–Crippen MR) is 193 cm³/mol. The Bertz CT molecular complexity index is 2500. The minimum Gasteiger partial charge on any atom is -0.253 e. The van der Waals surface area contributed by atoms with Crippen molar-refractivity contribution in [2.24, 2.45) is 0 Å². The third-order valence-electron chi connectivity index (χ3n) is 8.51. The summed E-state index contributed by atoms with van der Waals surface area (Å²) in [6.45, 7) is 0. The van der Waals surface area contributed by atoms with E-state index in [2.05, 4.69) is 119 Å². The van der Waals surface area contributed by atoms with Gasteiger partial charge in [0.25, 0.3) is 0 Å². The van der Waals surface area contributed by atoms with Crippen LogP contribution in [0, 0.1) is 0 Å². The van der Waals surface area contributed by atoms with Crippen molar-refractivity contribution in [1.82, 2.24) is 19.9 Å². The second-order valence-corrected chi connectivity index (χ2v) is 12.9. The summed E-state index contributed by atoms with van der Waals surface area (Å²) in [6.07, 6.45) is 7.62. The molecule has 0 radical (unpaired) electrons. The number of fused-ring (bicyclic) bond motifs is 3. The van der Waals surface area contributed by atoms with Gasteiger partial charge in [-0.2, -0.15) is 0 Å². The number of hydrogen-bond donors (Lipinski definition) is 0. The quantitative estimate of drug-likeness (QED) is 0.179. The van der Waals surface area contributed by atoms with E-state index in [0.29, 0.717) is 0 Å². The molecule has 4 nitrogen and oxygen atoms in total. The lowest BCUT2D eigenvalue weighted by molar-refractivity contribution is 1.29. The third kappa shape index (κ3) is 4.58. The summed E-state index contributed by atoms with van der Waals surface area (Å²) >= 11 is 3.20. The maximum Gasteiger partial charge on any atom is 0.141 e. The Labute approximate surface area is 273 Å². The summed E-state index contributed by atoms with van der Waals surface area (Å²) in [5.41, 5.74) is 8.61. The monoisotopic (exact) mass is 624 g/mol. The molecule has 0 aliphatic rings. The summed E-state index contributed by atoms with van der Waals surface area (Å²) in [7, 11) is 0. The predicted octanol–water partition coefficient (Wildman–Crippen LogP) is 11.2. The van der Waals surface area contributed by atoms with Crippen LogP contribution >= 0.6 is 22.7 Å². The molecule has 0 unspecified atom stereocenters. The fraction of sp³-hybridized carbons (Fsp3) is 0. The Morgan fingerprint density at radius 3 is 1.50 bits per heavy atom. The van der Waals surface area contributed by atoms with Crippen LogP contribution in [0.3, 0.4) is 0 Å². The number of aromatic nitrogens is 4. The number of thiazole rings is 2. The first kappa shape index (κ1) is 26.8. The molecule has 0 aliphatic carbocycles. The van der Waals surface area contributed by atoms with E-state index in [1.165, 1.54) is 54.6 Å². The van der Waals surface area contributed by atoms with Gasteiger partial charge in [-0.05, 0) is 78.8 Å². The van der Waals surface area contributed by atoms with Crippen molar-refractivity contribution in [2.75, 3.05) is 0 Å². The van der Waals surface area contributed by atoms with E-state index in [-0.39, 0.29) is 0 Å². The van der Waals surface area contributed by atoms with Gasteiger partial charge in [0.05, 0.1) is 11.4 Å². The van der Waals surface area contributed by atoms with Crippen LogP contribution in [0.1, 0.15) is 0 Å². The standard InChI is InChI=1S/C40H24N4S2/c1-2-6-26-21-27(10-9-25(26)5-1)28-11-14-33-34(22-28)38(30-13-16-36(44-24-30)40-42-18-20-46-40)32-8-4-3-7-31(32)37(33)29-12-15-35(43-23-29)39-41-17-19-45-39/h1-24H. The van der Waals surface area contributed by atoms with E-state index in [1.54, 1.807) is 22.7 Å². The van der Waals surface area contributed by atoms with E-state index >= 15 is 0 Å². The van der Waals surface area contributed by atoms with Crippen LogP contribution in [0.25, 0.3) is 87.1 Å². The zero-order valence-electron chi connectivity index (χ0n) is 24.5. The van der Waals surface area contributed by atoms with Crippen molar-refractivity contribution >= 4 is 55.0 Å². The number of benzene rings is 5. The SMILES string of the molecule is c1ccc2cc(-c3ccc4c(-c5ccc(-c6nccs6)nc5)c5ccccc5c(-c5ccc(-c6nccs6)nc5)c4c3)ccc2c1. The molecule has 0 saturated heterocycles. The summed E-state index contributed by atoms with van der Waals surface area (Å²) in [5.74, 6) is 0. The molecule has 0 spiro atoms. The smallest absolute Gasteiger partial charge is 0.141 e. The van der Waals surface area contributed by atoms with Crippen molar-refractivity contribution in [1.29, 1.82) is 0 Å². The fourth-order valence-electron chi connectivity index (χ4n) is 6.39. The van der Waals surface area contributed by atoms with Gasteiger partial charge in [0, 0.05) is 46.7 Å². The minimum atomic E-state index is 0.882. The normalized spacial score (nSPS) is 11.5. The molecule has 4 aromatic heterocycles. The molecule has 0 amide bonds. The summed E-state index contributed by atoms with van der Waals surface area (Å²) in [5, 5.41) is 13.0. The molecule has 6 heteroatoms. The molecule has 216 valence electrons. The molecule has 0 saturated carbocycles. The van der Waals surface area contributed by atoms with Gasteiger partial charge in [-0.15, -0.1) is 22.7 Å². The van der Waals surface area contributed by atoms with Gasteiger partial charge >= 0.3 is 0 Å². The zero-order valence-corrected chi connectivity index (χ0v) is 26.1. The summed E-state index contributed by atoms with van der Waals surface area (Å²) in [6, 6.07) is 39.3. The molecule has 0 aliphatic heterocycles. The lowest BCUT2D eigenvalue weighted by atomic mass is 9.85. The second-order valence-electron chi connectivity index (χ2n) is 11.2. The van der Waals surface area contributed by atoms with Gasteiger partial charge in [0.2, 0.25) is 0 Å². The van der Waals surface area contributed by atoms with Crippen LogP contribution in [-0.2, 0) is 0 Å². The van der Waals surface area contributed by atoms with Crippen molar-refractivity contribution in [3.8, 4) is 54.8 Å². The van der Waals surface area contributed by atoms with Crippen LogP contribution in [0.5, 0.6) is 0 Å². The minimum absolute atomic E-state index is 0.882. The highest BCUT2D eigenvalue weighted by atomic mass is 32.1. The number of hydrogen-bond acceptors (Lipinski definition) is 6. The van der Waals surface area contributed by atoms with Crippen LogP contribution in [0.2, 0.25) is 0 Å². The lowest BCUT2D eigenvalue weighted by Crippen LogP contribution is -1.93. The second kappa shape index (κ2) is 11.1. The molecule has 0 N–H and O–H groups in total. The number of rotatable bonds is 5. The highest BCUT2D eigenvalue weighted by Gasteiger charge is 2.19. The Morgan fingerprint density at radius 1 is 0.391 bits per heavy atom. The average Bonchev–Trinajstić information content (AvgIpc) is 3.87. The largest absolute Gasteiger partial charge is 0.253 e. The molecular weight excluding hydrogens is 601 g/mol. The van der Waals surface area contributed by atoms with Gasteiger partial charge in [0.15, 0.2) is 0 Å². The number of pyridine rings is 2. The zero-order chi connectivity index (χ0) is 30.5. The van der Waals surface area contributed by atoms with Gasteiger partial charge < -0.3 is 0 Å². The first-order chi connectivity index (χ1) is 22.8. The Balaban J connectivity index is 1.31. The topological polar surface area (TPSA) is 51.6 Å². The van der Waals surface area contributed by atoms with Crippen molar-refractivity contribution in [3.05, 3.63) is 145 Å². The van der Waals surface area contributed by atoms with Crippen LogP contribution in [-0.4, -0.2) is 19.9 Å². The van der Waals surface area contributed by atoms with E-state index in [0.717, 1.165) is 32.5 Å². The van der Waals surface area contributed by atoms with E-state index in [9.17, 15) is 0 Å². The fourth-order valence-corrected chi connectivity index (χ4v) is 7.61. The van der Waals surface area contributed by atoms with Crippen molar-refractivity contribution in [2.45, 2.75) is 0 Å². The molecule has 0 atom stereocenters. The molecular formula is C40H24N4S2. The summed E-state index contributed by atoms with van der Waals surface area (Å²) in [4.78, 5) is 18.7. The third-order valence-corrected chi connectivity index (χ3v) is 10.1. The van der Waals surface area contributed by atoms with Crippen molar-refractivity contribution in [3.63, 3.8) is 0 Å². The molecule has 5 aromatic carbocycles. The molecule has 4 heterocycles. The average molecular weight is 625 g/mol. The highest BCUT2D eigenvalue weighted by molar-refractivity contribution is 7.13.